The van der Waals surface area contributed by atoms with Gasteiger partial charge in [0, 0.05) is 26.8 Å². The lowest BCUT2D eigenvalue weighted by molar-refractivity contribution is 1.05. The van der Waals surface area contributed by atoms with E-state index in [0.29, 0.717) is 0 Å². The summed E-state index contributed by atoms with van der Waals surface area (Å²) in [5, 5.41) is 1.26. The first-order valence-corrected chi connectivity index (χ1v) is 7.67. The Morgan fingerprint density at radius 1 is 1.05 bits per heavy atom. The lowest BCUT2D eigenvalue weighted by Gasteiger charge is -2.08. The normalized spacial score (nSPS) is 11.3. The summed E-state index contributed by atoms with van der Waals surface area (Å²) in [6.45, 7) is 5.92. The van der Waals surface area contributed by atoms with Gasteiger partial charge in [0.1, 0.15) is 0 Å². The maximum atomic E-state index is 3.76. The molecule has 0 spiro atoms. The molecule has 0 aliphatic rings. The van der Waals surface area contributed by atoms with Crippen molar-refractivity contribution in [2.24, 2.45) is 0 Å². The maximum Gasteiger partial charge on any atom is 0.0537 e. The molecule has 1 heterocycles. The average Bonchev–Trinajstić information content (AvgIpc) is 2.78. The minimum atomic E-state index is 1.09. The Morgan fingerprint density at radius 2 is 1.76 bits per heavy atom. The number of halogens is 1. The predicted octanol–water partition coefficient (Wildman–Crippen LogP) is 5.90. The molecule has 0 aliphatic heterocycles. The van der Waals surface area contributed by atoms with Gasteiger partial charge in [0.25, 0.3) is 0 Å². The third-order valence-electron chi connectivity index (χ3n) is 3.64. The van der Waals surface area contributed by atoms with Crippen LogP contribution < -0.4 is 0 Å². The summed E-state index contributed by atoms with van der Waals surface area (Å²) in [4.78, 5) is 0. The predicted molar refractivity (Wildman–Crippen MR) is 94.9 cm³/mol. The molecule has 3 aromatic rings. The van der Waals surface area contributed by atoms with Crippen LogP contribution in [-0.2, 0) is 0 Å². The van der Waals surface area contributed by atoms with Gasteiger partial charge in [-0.25, -0.2) is 0 Å². The third-order valence-corrected chi connectivity index (χ3v) is 4.17. The minimum Gasteiger partial charge on any atom is -0.313 e. The number of aromatic nitrogens is 1. The third kappa shape index (κ3) is 2.47. The highest BCUT2D eigenvalue weighted by molar-refractivity contribution is 9.10. The number of fused-ring (bicyclic) bond motifs is 1. The van der Waals surface area contributed by atoms with Crippen molar-refractivity contribution in [3.8, 4) is 5.69 Å². The van der Waals surface area contributed by atoms with Crippen molar-refractivity contribution >= 4 is 32.9 Å². The van der Waals surface area contributed by atoms with Crippen LogP contribution in [0.4, 0.5) is 0 Å². The first kappa shape index (κ1) is 13.9. The van der Waals surface area contributed by atoms with E-state index >= 15 is 0 Å². The molecule has 0 fully saturated rings. The van der Waals surface area contributed by atoms with Gasteiger partial charge in [0.15, 0.2) is 0 Å². The Morgan fingerprint density at radius 3 is 2.48 bits per heavy atom. The van der Waals surface area contributed by atoms with Gasteiger partial charge in [-0.1, -0.05) is 58.9 Å². The van der Waals surface area contributed by atoms with Crippen molar-refractivity contribution < 1.29 is 0 Å². The molecule has 0 radical (unpaired) electrons. The van der Waals surface area contributed by atoms with Gasteiger partial charge in [-0.3, -0.25) is 0 Å². The molecule has 0 unspecified atom stereocenters. The van der Waals surface area contributed by atoms with Crippen LogP contribution in [0.15, 0.2) is 71.7 Å². The fourth-order valence-corrected chi connectivity index (χ4v) is 2.95. The van der Waals surface area contributed by atoms with E-state index < -0.39 is 0 Å². The zero-order valence-corrected chi connectivity index (χ0v) is 13.5. The molecule has 0 aliphatic carbocycles. The van der Waals surface area contributed by atoms with Gasteiger partial charge >= 0.3 is 0 Å². The quantitative estimate of drug-likeness (QED) is 0.524. The summed E-state index contributed by atoms with van der Waals surface area (Å²) >= 11 is 3.49. The maximum absolute atomic E-state index is 3.76. The molecule has 104 valence electrons. The van der Waals surface area contributed by atoms with Crippen molar-refractivity contribution in [3.63, 3.8) is 0 Å². The van der Waals surface area contributed by atoms with Gasteiger partial charge in [-0.05, 0) is 37.3 Å². The molecule has 0 atom stereocenters. The summed E-state index contributed by atoms with van der Waals surface area (Å²) in [5.74, 6) is 0. The van der Waals surface area contributed by atoms with Gasteiger partial charge in [-0.2, -0.15) is 0 Å². The molecule has 21 heavy (non-hydrogen) atoms. The van der Waals surface area contributed by atoms with Crippen LogP contribution in [0.5, 0.6) is 0 Å². The smallest absolute Gasteiger partial charge is 0.0537 e. The molecule has 1 aromatic heterocycles. The fourth-order valence-electron chi connectivity index (χ4n) is 2.69. The Balaban J connectivity index is 2.32. The van der Waals surface area contributed by atoms with Crippen molar-refractivity contribution in [3.05, 3.63) is 83.0 Å². The van der Waals surface area contributed by atoms with Crippen LogP contribution in [0.2, 0.25) is 0 Å². The molecule has 0 saturated carbocycles. The van der Waals surface area contributed by atoms with Crippen molar-refractivity contribution in [1.29, 1.82) is 0 Å². The van der Waals surface area contributed by atoms with E-state index in [1.807, 2.05) is 12.2 Å². The fraction of sp³-hybridized carbons (Fsp3) is 0.0526. The minimum absolute atomic E-state index is 1.09. The van der Waals surface area contributed by atoms with Crippen LogP contribution in [-0.4, -0.2) is 4.57 Å². The highest BCUT2D eigenvalue weighted by Crippen LogP contribution is 2.30. The topological polar surface area (TPSA) is 4.93 Å². The van der Waals surface area contributed by atoms with Crippen LogP contribution in [0.3, 0.4) is 0 Å². The molecule has 0 amide bonds. The molecule has 0 N–H and O–H groups in total. The number of hydrogen-bond donors (Lipinski definition) is 0. The molecule has 2 aromatic carbocycles. The lowest BCUT2D eigenvalue weighted by atomic mass is 10.1. The van der Waals surface area contributed by atoms with E-state index in [2.05, 4.69) is 88.6 Å². The van der Waals surface area contributed by atoms with E-state index in [-0.39, 0.29) is 0 Å². The SMILES string of the molecule is C=C/C=C\c1c(C)n(-c2ccc(Br)cc2)c2ccccc12. The van der Waals surface area contributed by atoms with Gasteiger partial charge < -0.3 is 4.57 Å². The second kappa shape index (κ2) is 5.74. The van der Waals surface area contributed by atoms with Crippen LogP contribution >= 0.6 is 15.9 Å². The summed E-state index contributed by atoms with van der Waals surface area (Å²) in [5.41, 5.74) is 4.87. The van der Waals surface area contributed by atoms with Gasteiger partial charge in [0.05, 0.1) is 5.52 Å². The van der Waals surface area contributed by atoms with Gasteiger partial charge in [-0.15, -0.1) is 0 Å². The van der Waals surface area contributed by atoms with E-state index in [0.717, 1.165) is 4.47 Å². The van der Waals surface area contributed by atoms with E-state index in [1.54, 1.807) is 0 Å². The molecule has 3 rings (SSSR count). The monoisotopic (exact) mass is 337 g/mol. The zero-order chi connectivity index (χ0) is 14.8. The number of benzene rings is 2. The Kier molecular flexibility index (Phi) is 3.80. The second-order valence-corrected chi connectivity index (χ2v) is 5.84. The summed E-state index contributed by atoms with van der Waals surface area (Å²) in [7, 11) is 0. The average molecular weight is 338 g/mol. The molecule has 1 nitrogen and oxygen atoms in total. The van der Waals surface area contributed by atoms with E-state index in [9.17, 15) is 0 Å². The number of rotatable bonds is 3. The molecule has 0 bridgehead atoms. The standard InChI is InChI=1S/C19H16BrN/c1-3-4-7-17-14(2)21(16-12-10-15(20)11-13-16)19-9-6-5-8-18(17)19/h3-13H,1H2,2H3/b7-4-. The Bertz CT molecular complexity index is 823. The van der Waals surface area contributed by atoms with E-state index in [1.165, 1.54) is 27.8 Å². The number of para-hydroxylation sites is 1. The first-order valence-electron chi connectivity index (χ1n) is 6.87. The van der Waals surface area contributed by atoms with Crippen LogP contribution in [0.25, 0.3) is 22.7 Å². The zero-order valence-electron chi connectivity index (χ0n) is 11.9. The summed E-state index contributed by atoms with van der Waals surface area (Å²) in [6.07, 6.45) is 5.92. The molecular weight excluding hydrogens is 322 g/mol. The molecule has 2 heteroatoms. The Labute approximate surface area is 133 Å². The number of nitrogens with zero attached hydrogens (tertiary/aromatic N) is 1. The van der Waals surface area contributed by atoms with Crippen molar-refractivity contribution in [1.82, 2.24) is 4.57 Å². The highest BCUT2D eigenvalue weighted by Gasteiger charge is 2.12. The van der Waals surface area contributed by atoms with E-state index in [4.69, 9.17) is 0 Å². The molecule has 0 saturated heterocycles. The van der Waals surface area contributed by atoms with Crippen molar-refractivity contribution in [2.45, 2.75) is 6.92 Å². The Hall–Kier alpha value is -2.06. The van der Waals surface area contributed by atoms with Gasteiger partial charge in [0.2, 0.25) is 0 Å². The van der Waals surface area contributed by atoms with Crippen molar-refractivity contribution in [2.75, 3.05) is 0 Å². The number of hydrogen-bond acceptors (Lipinski definition) is 0. The largest absolute Gasteiger partial charge is 0.313 e. The number of allylic oxidation sites excluding steroid dienone is 2. The second-order valence-electron chi connectivity index (χ2n) is 4.92. The van der Waals surface area contributed by atoms with Crippen LogP contribution in [0.1, 0.15) is 11.3 Å². The highest BCUT2D eigenvalue weighted by atomic mass is 79.9. The lowest BCUT2D eigenvalue weighted by Crippen LogP contribution is -1.96. The first-order chi connectivity index (χ1) is 10.2. The van der Waals surface area contributed by atoms with Crippen LogP contribution in [0, 0.1) is 6.92 Å². The summed E-state index contributed by atoms with van der Waals surface area (Å²) in [6, 6.07) is 16.9. The summed E-state index contributed by atoms with van der Waals surface area (Å²) < 4.78 is 3.39. The molecular formula is C19H16BrN.